The molecule has 160 valence electrons. The van der Waals surface area contributed by atoms with Crippen molar-refractivity contribution < 1.29 is 19.0 Å². The largest absolute Gasteiger partial charge is 0.493 e. The molecule has 29 heavy (non-hydrogen) atoms. The molecule has 3 N–H and O–H groups in total. The van der Waals surface area contributed by atoms with Crippen LogP contribution >= 0.6 is 24.0 Å². The van der Waals surface area contributed by atoms with E-state index in [9.17, 15) is 4.39 Å². The minimum absolute atomic E-state index is 0. The second kappa shape index (κ2) is 14.0. The number of hydrogen-bond acceptors (Lipinski definition) is 4. The zero-order chi connectivity index (χ0) is 20.2. The van der Waals surface area contributed by atoms with E-state index in [0.29, 0.717) is 42.5 Å². The van der Waals surface area contributed by atoms with Crippen molar-refractivity contribution in [1.29, 1.82) is 0 Å². The third kappa shape index (κ3) is 8.45. The zero-order valence-corrected chi connectivity index (χ0v) is 19.1. The summed E-state index contributed by atoms with van der Waals surface area (Å²) in [4.78, 5) is 4.57. The quantitative estimate of drug-likeness (QED) is 0.257. The van der Waals surface area contributed by atoms with Crippen LogP contribution in [0, 0.1) is 5.82 Å². The lowest BCUT2D eigenvalue weighted by Crippen LogP contribution is -2.38. The number of aliphatic imine (C=N–C) groups is 1. The Morgan fingerprint density at radius 3 is 2.62 bits per heavy atom. The Morgan fingerprint density at radius 1 is 1.14 bits per heavy atom. The van der Waals surface area contributed by atoms with Crippen LogP contribution in [0.15, 0.2) is 47.5 Å². The third-order valence-electron chi connectivity index (χ3n) is 3.99. The number of ether oxygens (including phenoxy) is 2. The Balaban J connectivity index is 0.00000420. The van der Waals surface area contributed by atoms with Crippen molar-refractivity contribution in [2.75, 3.05) is 33.4 Å². The molecule has 0 spiro atoms. The van der Waals surface area contributed by atoms with Gasteiger partial charge in [-0.2, -0.15) is 0 Å². The molecule has 0 aliphatic carbocycles. The van der Waals surface area contributed by atoms with Crippen LogP contribution in [0.5, 0.6) is 11.5 Å². The van der Waals surface area contributed by atoms with Crippen molar-refractivity contribution >= 4 is 29.9 Å². The molecule has 0 atom stereocenters. The summed E-state index contributed by atoms with van der Waals surface area (Å²) in [5.41, 5.74) is 1.63. The third-order valence-corrected chi connectivity index (χ3v) is 3.99. The Bertz CT molecular complexity index is 775. The number of guanidine groups is 1. The minimum Gasteiger partial charge on any atom is -0.493 e. The first-order chi connectivity index (χ1) is 13.7. The smallest absolute Gasteiger partial charge is 0.191 e. The first kappa shape index (κ1) is 25.0. The fraction of sp³-hybridized carbons (Fsp3) is 0.381. The first-order valence-electron chi connectivity index (χ1n) is 9.34. The maximum Gasteiger partial charge on any atom is 0.191 e. The molecule has 0 saturated heterocycles. The molecular weight excluding hydrogens is 488 g/mol. The Morgan fingerprint density at radius 2 is 1.93 bits per heavy atom. The van der Waals surface area contributed by atoms with Gasteiger partial charge in [-0.25, -0.2) is 9.38 Å². The number of halogens is 2. The monoisotopic (exact) mass is 517 g/mol. The van der Waals surface area contributed by atoms with Crippen molar-refractivity contribution in [2.45, 2.75) is 19.9 Å². The maximum absolute atomic E-state index is 13.7. The van der Waals surface area contributed by atoms with Gasteiger partial charge < -0.3 is 25.2 Å². The maximum atomic E-state index is 13.7. The van der Waals surface area contributed by atoms with Crippen molar-refractivity contribution in [1.82, 2.24) is 10.6 Å². The number of hydrogen-bond donors (Lipinski definition) is 3. The van der Waals surface area contributed by atoms with Crippen molar-refractivity contribution in [2.24, 2.45) is 4.99 Å². The highest BCUT2D eigenvalue weighted by atomic mass is 127. The zero-order valence-electron chi connectivity index (χ0n) is 16.8. The number of nitrogens with one attached hydrogen (secondary N) is 2. The number of nitrogens with zero attached hydrogens (tertiary/aromatic N) is 1. The van der Waals surface area contributed by atoms with Crippen LogP contribution in [-0.4, -0.2) is 44.5 Å². The Hall–Kier alpha value is -2.07. The molecule has 2 aromatic carbocycles. The molecule has 0 aliphatic heterocycles. The molecule has 0 saturated carbocycles. The SMILES string of the molecule is CCNC(=NCc1ccc(OCCO)c(OC)c1)NCCc1ccccc1F.I. The molecular formula is C21H29FIN3O3. The number of benzene rings is 2. The van der Waals surface area contributed by atoms with Gasteiger partial charge in [-0.05, 0) is 42.7 Å². The lowest BCUT2D eigenvalue weighted by molar-refractivity contribution is 0.196. The lowest BCUT2D eigenvalue weighted by Gasteiger charge is -2.13. The number of aliphatic hydroxyl groups excluding tert-OH is 1. The van der Waals surface area contributed by atoms with Crippen molar-refractivity contribution in [3.8, 4) is 11.5 Å². The summed E-state index contributed by atoms with van der Waals surface area (Å²) in [6, 6.07) is 12.3. The molecule has 2 aromatic rings. The van der Waals surface area contributed by atoms with Gasteiger partial charge in [-0.15, -0.1) is 24.0 Å². The number of rotatable bonds is 10. The molecule has 8 heteroatoms. The molecule has 2 rings (SSSR count). The van der Waals surface area contributed by atoms with Crippen LogP contribution in [0.25, 0.3) is 0 Å². The van der Waals surface area contributed by atoms with Crippen LogP contribution in [0.3, 0.4) is 0 Å². The highest BCUT2D eigenvalue weighted by Gasteiger charge is 2.06. The molecule has 0 radical (unpaired) electrons. The summed E-state index contributed by atoms with van der Waals surface area (Å²) in [6.07, 6.45) is 0.571. The second-order valence-corrected chi connectivity index (χ2v) is 6.02. The van der Waals surface area contributed by atoms with E-state index in [2.05, 4.69) is 15.6 Å². The minimum atomic E-state index is -0.193. The average molecular weight is 517 g/mol. The molecule has 0 aromatic heterocycles. The summed E-state index contributed by atoms with van der Waals surface area (Å²) in [5.74, 6) is 1.65. The van der Waals surface area contributed by atoms with Crippen LogP contribution in [-0.2, 0) is 13.0 Å². The van der Waals surface area contributed by atoms with E-state index in [0.717, 1.165) is 12.1 Å². The highest BCUT2D eigenvalue weighted by Crippen LogP contribution is 2.28. The average Bonchev–Trinajstić information content (AvgIpc) is 2.72. The van der Waals surface area contributed by atoms with Gasteiger partial charge in [0.2, 0.25) is 0 Å². The first-order valence-corrected chi connectivity index (χ1v) is 9.34. The standard InChI is InChI=1S/C21H28FN3O3.HI/c1-3-23-21(24-11-10-17-6-4-5-7-18(17)22)25-15-16-8-9-19(28-13-12-26)20(14-16)27-2;/h4-9,14,26H,3,10-13,15H2,1-2H3,(H2,23,24,25);1H. The Kier molecular flexibility index (Phi) is 12.1. The molecule has 0 heterocycles. The highest BCUT2D eigenvalue weighted by molar-refractivity contribution is 14.0. The van der Waals surface area contributed by atoms with Crippen LogP contribution < -0.4 is 20.1 Å². The molecule has 6 nitrogen and oxygen atoms in total. The van der Waals surface area contributed by atoms with E-state index in [4.69, 9.17) is 14.6 Å². The van der Waals surface area contributed by atoms with Gasteiger partial charge in [0, 0.05) is 13.1 Å². The summed E-state index contributed by atoms with van der Waals surface area (Å²) in [6.45, 7) is 3.90. The Labute approximate surface area is 188 Å². The van der Waals surface area contributed by atoms with Gasteiger partial charge in [0.05, 0.1) is 20.3 Å². The van der Waals surface area contributed by atoms with Crippen LogP contribution in [0.2, 0.25) is 0 Å². The molecule has 0 amide bonds. The van der Waals surface area contributed by atoms with Gasteiger partial charge in [0.15, 0.2) is 17.5 Å². The van der Waals surface area contributed by atoms with E-state index >= 15 is 0 Å². The van der Waals surface area contributed by atoms with E-state index in [1.165, 1.54) is 6.07 Å². The van der Waals surface area contributed by atoms with Gasteiger partial charge in [-0.1, -0.05) is 24.3 Å². The fourth-order valence-corrected chi connectivity index (χ4v) is 2.61. The van der Waals surface area contributed by atoms with Crippen molar-refractivity contribution in [3.05, 3.63) is 59.4 Å². The van der Waals surface area contributed by atoms with Gasteiger partial charge in [-0.3, -0.25) is 0 Å². The lowest BCUT2D eigenvalue weighted by atomic mass is 10.1. The predicted octanol–water partition coefficient (Wildman–Crippen LogP) is 3.12. The summed E-state index contributed by atoms with van der Waals surface area (Å²) in [5, 5.41) is 15.3. The van der Waals surface area contributed by atoms with Gasteiger partial charge in [0.1, 0.15) is 12.4 Å². The topological polar surface area (TPSA) is 75.1 Å². The predicted molar refractivity (Wildman–Crippen MR) is 124 cm³/mol. The van der Waals surface area contributed by atoms with E-state index in [-0.39, 0.29) is 43.0 Å². The molecule has 0 fully saturated rings. The summed E-state index contributed by atoms with van der Waals surface area (Å²) in [7, 11) is 1.57. The van der Waals surface area contributed by atoms with E-state index in [1.807, 2.05) is 25.1 Å². The van der Waals surface area contributed by atoms with E-state index in [1.54, 1.807) is 25.3 Å². The summed E-state index contributed by atoms with van der Waals surface area (Å²) < 4.78 is 24.5. The normalized spacial score (nSPS) is 10.8. The summed E-state index contributed by atoms with van der Waals surface area (Å²) >= 11 is 0. The van der Waals surface area contributed by atoms with Gasteiger partial charge >= 0.3 is 0 Å². The molecule has 0 bridgehead atoms. The fourth-order valence-electron chi connectivity index (χ4n) is 2.61. The van der Waals surface area contributed by atoms with E-state index < -0.39 is 0 Å². The number of aliphatic hydroxyl groups is 1. The van der Waals surface area contributed by atoms with Crippen LogP contribution in [0.4, 0.5) is 4.39 Å². The van der Waals surface area contributed by atoms with Gasteiger partial charge in [0.25, 0.3) is 0 Å². The molecule has 0 unspecified atom stereocenters. The number of methoxy groups -OCH3 is 1. The second-order valence-electron chi connectivity index (χ2n) is 6.02. The van der Waals surface area contributed by atoms with Crippen LogP contribution in [0.1, 0.15) is 18.1 Å². The molecule has 0 aliphatic rings. The van der Waals surface area contributed by atoms with Crippen molar-refractivity contribution in [3.63, 3.8) is 0 Å².